The second-order valence-electron chi connectivity index (χ2n) is 6.35. The lowest BCUT2D eigenvalue weighted by Crippen LogP contribution is -2.45. The number of rotatable bonds is 2. The molecule has 0 bridgehead atoms. The number of nitrogens with zero attached hydrogens (tertiary/aromatic N) is 1. The van der Waals surface area contributed by atoms with Crippen LogP contribution >= 0.6 is 0 Å². The van der Waals surface area contributed by atoms with Crippen molar-refractivity contribution in [2.45, 2.75) is 69.6 Å². The first-order valence-electron chi connectivity index (χ1n) is 6.51. The minimum atomic E-state index is -0.531. The molecular formula is C13H22FN. The number of fused-ring (bicyclic) bond motifs is 2. The lowest BCUT2D eigenvalue weighted by molar-refractivity contribution is 0.106. The molecule has 3 fully saturated rings. The van der Waals surface area contributed by atoms with E-state index in [1.807, 2.05) is 0 Å². The average Bonchev–Trinajstić information content (AvgIpc) is 2.79. The summed E-state index contributed by atoms with van der Waals surface area (Å²) in [6.45, 7) is 5.71. The van der Waals surface area contributed by atoms with Crippen molar-refractivity contribution < 1.29 is 4.39 Å². The summed E-state index contributed by atoms with van der Waals surface area (Å²) in [5.41, 5.74) is 0.273. The van der Waals surface area contributed by atoms with Gasteiger partial charge in [0.1, 0.15) is 6.17 Å². The molecule has 1 aliphatic carbocycles. The molecule has 2 atom stereocenters. The summed E-state index contributed by atoms with van der Waals surface area (Å²) in [5, 5.41) is 0. The lowest BCUT2D eigenvalue weighted by atomic mass is 9.85. The first-order valence-corrected chi connectivity index (χ1v) is 6.51. The average molecular weight is 211 g/mol. The smallest absolute Gasteiger partial charge is 0.120 e. The van der Waals surface area contributed by atoms with Crippen LogP contribution in [0.1, 0.15) is 52.4 Å². The number of hydrogen-bond donors (Lipinski definition) is 0. The van der Waals surface area contributed by atoms with Crippen LogP contribution in [-0.4, -0.2) is 28.7 Å². The summed E-state index contributed by atoms with van der Waals surface area (Å²) < 4.78 is 14.1. The largest absolute Gasteiger partial charge is 0.289 e. The molecule has 1 spiro atoms. The van der Waals surface area contributed by atoms with Gasteiger partial charge in [-0.2, -0.15) is 0 Å². The summed E-state index contributed by atoms with van der Waals surface area (Å²) in [6, 6.07) is 0. The summed E-state index contributed by atoms with van der Waals surface area (Å²) in [6.07, 6.45) is 6.27. The maximum atomic E-state index is 14.1. The third kappa shape index (κ3) is 1.23. The summed E-state index contributed by atoms with van der Waals surface area (Å²) in [4.78, 5) is 2.57. The highest BCUT2D eigenvalue weighted by atomic mass is 19.1. The van der Waals surface area contributed by atoms with Crippen LogP contribution in [0, 0.1) is 5.92 Å². The minimum absolute atomic E-state index is 0.0192. The zero-order valence-corrected chi connectivity index (χ0v) is 9.93. The molecule has 3 rings (SSSR count). The molecule has 2 heterocycles. The van der Waals surface area contributed by atoms with Gasteiger partial charge in [-0.3, -0.25) is 4.90 Å². The monoisotopic (exact) mass is 211 g/mol. The van der Waals surface area contributed by atoms with E-state index in [4.69, 9.17) is 0 Å². The Hall–Kier alpha value is -0.110. The molecule has 0 aromatic carbocycles. The van der Waals surface area contributed by atoms with E-state index in [0.29, 0.717) is 5.92 Å². The topological polar surface area (TPSA) is 3.24 Å². The first kappa shape index (κ1) is 10.1. The fourth-order valence-corrected chi connectivity index (χ4v) is 4.31. The molecule has 0 aromatic heterocycles. The van der Waals surface area contributed by atoms with E-state index in [1.54, 1.807) is 0 Å². The zero-order valence-electron chi connectivity index (χ0n) is 9.93. The molecule has 1 saturated carbocycles. The predicted molar refractivity (Wildman–Crippen MR) is 59.6 cm³/mol. The zero-order chi connectivity index (χ0) is 10.7. The maximum Gasteiger partial charge on any atom is 0.120 e. The van der Waals surface area contributed by atoms with Crippen molar-refractivity contribution in [3.63, 3.8) is 0 Å². The van der Waals surface area contributed by atoms with Crippen molar-refractivity contribution >= 4 is 0 Å². The van der Waals surface area contributed by atoms with Crippen molar-refractivity contribution in [3.8, 4) is 0 Å². The van der Waals surface area contributed by atoms with Crippen LogP contribution in [0.5, 0.6) is 0 Å². The molecule has 0 unspecified atom stereocenters. The van der Waals surface area contributed by atoms with Gasteiger partial charge in [-0.1, -0.05) is 13.8 Å². The van der Waals surface area contributed by atoms with Crippen molar-refractivity contribution in [2.75, 3.05) is 6.54 Å². The molecule has 2 saturated heterocycles. The fourth-order valence-electron chi connectivity index (χ4n) is 4.31. The van der Waals surface area contributed by atoms with Crippen LogP contribution in [0.15, 0.2) is 0 Å². The molecule has 3 aliphatic rings. The van der Waals surface area contributed by atoms with Gasteiger partial charge in [-0.05, 0) is 51.0 Å². The van der Waals surface area contributed by atoms with Crippen LogP contribution in [-0.2, 0) is 0 Å². The van der Waals surface area contributed by atoms with Crippen LogP contribution in [0.3, 0.4) is 0 Å². The highest BCUT2D eigenvalue weighted by Crippen LogP contribution is 2.61. The van der Waals surface area contributed by atoms with Crippen LogP contribution in [0.25, 0.3) is 0 Å². The van der Waals surface area contributed by atoms with Crippen molar-refractivity contribution in [3.05, 3.63) is 0 Å². The molecule has 0 aromatic rings. The Morgan fingerprint density at radius 1 is 1.33 bits per heavy atom. The SMILES string of the molecule is CC(C)C[C@@]12CCCN1C1(CC1)[C@H](F)C2. The maximum absolute atomic E-state index is 14.1. The molecule has 0 amide bonds. The van der Waals surface area contributed by atoms with E-state index in [1.165, 1.54) is 19.3 Å². The van der Waals surface area contributed by atoms with E-state index >= 15 is 0 Å². The Bertz CT molecular complexity index is 272. The van der Waals surface area contributed by atoms with E-state index in [0.717, 1.165) is 25.8 Å². The molecular weight excluding hydrogens is 189 g/mol. The molecule has 2 heteroatoms. The van der Waals surface area contributed by atoms with Crippen LogP contribution < -0.4 is 0 Å². The van der Waals surface area contributed by atoms with Crippen LogP contribution in [0.2, 0.25) is 0 Å². The lowest BCUT2D eigenvalue weighted by Gasteiger charge is -2.36. The van der Waals surface area contributed by atoms with E-state index in [2.05, 4.69) is 18.7 Å². The third-order valence-corrected chi connectivity index (χ3v) is 4.83. The standard InChI is InChI=1S/C13H22FN/c1-10(2)8-12-4-3-7-15(12)13(5-6-13)11(14)9-12/h10-11H,3-9H2,1-2H3/t11-,12-/m1/s1. The first-order chi connectivity index (χ1) is 7.09. The summed E-state index contributed by atoms with van der Waals surface area (Å²) in [5.74, 6) is 0.701. The molecule has 2 aliphatic heterocycles. The molecule has 86 valence electrons. The quantitative estimate of drug-likeness (QED) is 0.678. The Kier molecular flexibility index (Phi) is 1.99. The van der Waals surface area contributed by atoms with E-state index < -0.39 is 6.17 Å². The van der Waals surface area contributed by atoms with E-state index in [9.17, 15) is 4.39 Å². The van der Waals surface area contributed by atoms with Gasteiger partial charge in [0.25, 0.3) is 0 Å². The fraction of sp³-hybridized carbons (Fsp3) is 1.00. The van der Waals surface area contributed by atoms with E-state index in [-0.39, 0.29) is 11.1 Å². The van der Waals surface area contributed by atoms with Gasteiger partial charge in [0, 0.05) is 5.54 Å². The van der Waals surface area contributed by atoms with Crippen molar-refractivity contribution in [1.82, 2.24) is 4.90 Å². The second kappa shape index (κ2) is 2.97. The minimum Gasteiger partial charge on any atom is -0.289 e. The number of hydrogen-bond acceptors (Lipinski definition) is 1. The van der Waals surface area contributed by atoms with Crippen molar-refractivity contribution in [2.24, 2.45) is 5.92 Å². The molecule has 0 radical (unpaired) electrons. The summed E-state index contributed by atoms with van der Waals surface area (Å²) in [7, 11) is 0. The number of alkyl halides is 1. The van der Waals surface area contributed by atoms with Gasteiger partial charge in [0.05, 0.1) is 5.54 Å². The van der Waals surface area contributed by atoms with Gasteiger partial charge in [0.15, 0.2) is 0 Å². The normalized spacial score (nSPS) is 42.8. The van der Waals surface area contributed by atoms with Crippen molar-refractivity contribution in [1.29, 1.82) is 0 Å². The highest BCUT2D eigenvalue weighted by molar-refractivity contribution is 5.22. The number of halogens is 1. The van der Waals surface area contributed by atoms with Gasteiger partial charge < -0.3 is 0 Å². The third-order valence-electron chi connectivity index (χ3n) is 4.83. The van der Waals surface area contributed by atoms with Gasteiger partial charge in [0.2, 0.25) is 0 Å². The van der Waals surface area contributed by atoms with Gasteiger partial charge in [-0.25, -0.2) is 4.39 Å². The predicted octanol–water partition coefficient (Wildman–Crippen LogP) is 3.14. The van der Waals surface area contributed by atoms with Gasteiger partial charge >= 0.3 is 0 Å². The second-order valence-corrected chi connectivity index (χ2v) is 6.35. The summed E-state index contributed by atoms with van der Waals surface area (Å²) >= 11 is 0. The Balaban J connectivity index is 1.88. The highest BCUT2D eigenvalue weighted by Gasteiger charge is 2.67. The Morgan fingerprint density at radius 3 is 2.67 bits per heavy atom. The van der Waals surface area contributed by atoms with Gasteiger partial charge in [-0.15, -0.1) is 0 Å². The Labute approximate surface area is 92.0 Å². The Morgan fingerprint density at radius 2 is 2.07 bits per heavy atom. The molecule has 1 nitrogen and oxygen atoms in total. The molecule has 15 heavy (non-hydrogen) atoms. The van der Waals surface area contributed by atoms with Crippen LogP contribution in [0.4, 0.5) is 4.39 Å². The molecule has 0 N–H and O–H groups in total.